The van der Waals surface area contributed by atoms with Gasteiger partial charge >= 0.3 is 0 Å². The van der Waals surface area contributed by atoms with Gasteiger partial charge in [0.15, 0.2) is 0 Å². The standard InChI is InChI=1S/C22H28N4O3/c1-4-16(2)24-21(27)18-15-17(9-10-23-18)22(28)26-13-11-25(12-14-26)19-7-5-6-8-20(19)29-3/h5-10,15-16H,4,11-14H2,1-3H3,(H,24,27). The van der Waals surface area contributed by atoms with E-state index in [0.29, 0.717) is 18.7 Å². The molecule has 7 heteroatoms. The lowest BCUT2D eigenvalue weighted by molar-refractivity contribution is 0.0746. The lowest BCUT2D eigenvalue weighted by Gasteiger charge is -2.36. The molecule has 1 unspecified atom stereocenters. The molecule has 1 saturated heterocycles. The van der Waals surface area contributed by atoms with Crippen LogP contribution in [0.3, 0.4) is 0 Å². The van der Waals surface area contributed by atoms with Gasteiger partial charge in [-0.15, -0.1) is 0 Å². The molecule has 3 rings (SSSR count). The van der Waals surface area contributed by atoms with Crippen LogP contribution in [0, 0.1) is 0 Å². The fourth-order valence-corrected chi connectivity index (χ4v) is 3.31. The Labute approximate surface area is 171 Å². The van der Waals surface area contributed by atoms with Crippen LogP contribution in [0.1, 0.15) is 41.1 Å². The van der Waals surface area contributed by atoms with Crippen LogP contribution in [-0.2, 0) is 0 Å². The maximum absolute atomic E-state index is 12.9. The Kier molecular flexibility index (Phi) is 6.69. The normalized spacial score (nSPS) is 15.0. The zero-order chi connectivity index (χ0) is 20.8. The van der Waals surface area contributed by atoms with Crippen molar-refractivity contribution < 1.29 is 14.3 Å². The van der Waals surface area contributed by atoms with Gasteiger partial charge in [-0.25, -0.2) is 0 Å². The van der Waals surface area contributed by atoms with Gasteiger partial charge in [-0.1, -0.05) is 19.1 Å². The minimum atomic E-state index is -0.255. The highest BCUT2D eigenvalue weighted by Gasteiger charge is 2.24. The van der Waals surface area contributed by atoms with E-state index in [1.54, 1.807) is 19.2 Å². The molecule has 2 aromatic rings. The minimum Gasteiger partial charge on any atom is -0.495 e. The molecule has 0 radical (unpaired) electrons. The molecule has 1 atom stereocenters. The highest BCUT2D eigenvalue weighted by molar-refractivity contribution is 5.98. The molecule has 2 amide bonds. The van der Waals surface area contributed by atoms with Crippen molar-refractivity contribution in [1.82, 2.24) is 15.2 Å². The Balaban J connectivity index is 1.65. The monoisotopic (exact) mass is 396 g/mol. The van der Waals surface area contributed by atoms with Gasteiger partial charge in [0.1, 0.15) is 11.4 Å². The average Bonchev–Trinajstić information content (AvgIpc) is 2.78. The van der Waals surface area contributed by atoms with Crippen LogP contribution in [-0.4, -0.2) is 61.0 Å². The summed E-state index contributed by atoms with van der Waals surface area (Å²) in [4.78, 5) is 33.4. The molecule has 0 saturated carbocycles. The molecule has 29 heavy (non-hydrogen) atoms. The summed E-state index contributed by atoms with van der Waals surface area (Å²) < 4.78 is 5.45. The molecule has 1 N–H and O–H groups in total. The topological polar surface area (TPSA) is 74.8 Å². The number of aromatic nitrogens is 1. The number of piperazine rings is 1. The molecule has 154 valence electrons. The predicted molar refractivity (Wildman–Crippen MR) is 113 cm³/mol. The van der Waals surface area contributed by atoms with Gasteiger partial charge < -0.3 is 19.9 Å². The first-order valence-corrected chi connectivity index (χ1v) is 9.97. The zero-order valence-corrected chi connectivity index (χ0v) is 17.2. The first-order chi connectivity index (χ1) is 14.0. The largest absolute Gasteiger partial charge is 0.495 e. The first kappa shape index (κ1) is 20.6. The summed E-state index contributed by atoms with van der Waals surface area (Å²) in [6, 6.07) is 11.2. The number of methoxy groups -OCH3 is 1. The third-order valence-corrected chi connectivity index (χ3v) is 5.22. The molecule has 0 bridgehead atoms. The van der Waals surface area contributed by atoms with Crippen molar-refractivity contribution in [2.45, 2.75) is 26.3 Å². The zero-order valence-electron chi connectivity index (χ0n) is 17.2. The van der Waals surface area contributed by atoms with Gasteiger partial charge in [0.25, 0.3) is 11.8 Å². The predicted octanol–water partition coefficient (Wildman–Crippen LogP) is 2.58. The second-order valence-corrected chi connectivity index (χ2v) is 7.16. The first-order valence-electron chi connectivity index (χ1n) is 9.97. The molecule has 2 heterocycles. The van der Waals surface area contributed by atoms with E-state index in [-0.39, 0.29) is 23.6 Å². The van der Waals surface area contributed by atoms with Gasteiger partial charge in [0.05, 0.1) is 12.8 Å². The summed E-state index contributed by atoms with van der Waals surface area (Å²) in [6.45, 7) is 6.59. The second-order valence-electron chi connectivity index (χ2n) is 7.16. The molecule has 1 aliphatic heterocycles. The Morgan fingerprint density at radius 3 is 2.59 bits per heavy atom. The van der Waals surface area contributed by atoms with Crippen LogP contribution < -0.4 is 15.0 Å². The summed E-state index contributed by atoms with van der Waals surface area (Å²) in [5.74, 6) is 0.498. The van der Waals surface area contributed by atoms with Gasteiger partial charge in [0.2, 0.25) is 0 Å². The van der Waals surface area contributed by atoms with Crippen LogP contribution in [0.15, 0.2) is 42.6 Å². The number of rotatable bonds is 6. The summed E-state index contributed by atoms with van der Waals surface area (Å²) in [5, 5.41) is 2.88. The highest BCUT2D eigenvalue weighted by atomic mass is 16.5. The Morgan fingerprint density at radius 1 is 1.17 bits per heavy atom. The van der Waals surface area contributed by atoms with Crippen LogP contribution in [0.5, 0.6) is 5.75 Å². The van der Waals surface area contributed by atoms with Crippen LogP contribution in [0.4, 0.5) is 5.69 Å². The lowest BCUT2D eigenvalue weighted by Crippen LogP contribution is -2.49. The van der Waals surface area contributed by atoms with Crippen molar-refractivity contribution in [2.75, 3.05) is 38.2 Å². The summed E-state index contributed by atoms with van der Waals surface area (Å²) in [7, 11) is 1.66. The molecule has 1 aromatic heterocycles. The van der Waals surface area contributed by atoms with E-state index in [9.17, 15) is 9.59 Å². The number of hydrogen-bond donors (Lipinski definition) is 1. The van der Waals surface area contributed by atoms with Gasteiger partial charge in [-0.2, -0.15) is 0 Å². The molecule has 7 nitrogen and oxygen atoms in total. The van der Waals surface area contributed by atoms with E-state index in [0.717, 1.165) is 30.9 Å². The second kappa shape index (κ2) is 9.41. The fraction of sp³-hybridized carbons (Fsp3) is 0.409. The number of anilines is 1. The van der Waals surface area contributed by atoms with Crippen LogP contribution in [0.2, 0.25) is 0 Å². The maximum Gasteiger partial charge on any atom is 0.270 e. The number of hydrogen-bond acceptors (Lipinski definition) is 5. The summed E-state index contributed by atoms with van der Waals surface area (Å²) in [6.07, 6.45) is 2.35. The van der Waals surface area contributed by atoms with E-state index >= 15 is 0 Å². The van der Waals surface area contributed by atoms with E-state index < -0.39 is 0 Å². The smallest absolute Gasteiger partial charge is 0.270 e. The lowest BCUT2D eigenvalue weighted by atomic mass is 10.1. The summed E-state index contributed by atoms with van der Waals surface area (Å²) >= 11 is 0. The number of carbonyl (C=O) groups is 2. The number of ether oxygens (including phenoxy) is 1. The molecular formula is C22H28N4O3. The summed E-state index contributed by atoms with van der Waals surface area (Å²) in [5.41, 5.74) is 1.79. The Morgan fingerprint density at radius 2 is 1.90 bits per heavy atom. The maximum atomic E-state index is 12.9. The number of nitrogens with one attached hydrogen (secondary N) is 1. The van der Waals surface area contributed by atoms with Crippen molar-refractivity contribution in [3.05, 3.63) is 53.9 Å². The van der Waals surface area contributed by atoms with Crippen molar-refractivity contribution in [3.63, 3.8) is 0 Å². The minimum absolute atomic E-state index is 0.0618. The number of benzene rings is 1. The van der Waals surface area contributed by atoms with Gasteiger partial charge in [-0.05, 0) is 37.6 Å². The number of para-hydroxylation sites is 2. The molecule has 0 aliphatic carbocycles. The van der Waals surface area contributed by atoms with Crippen molar-refractivity contribution in [1.29, 1.82) is 0 Å². The molecule has 1 fully saturated rings. The van der Waals surface area contributed by atoms with E-state index in [4.69, 9.17) is 4.74 Å². The Hall–Kier alpha value is -3.09. The molecule has 1 aromatic carbocycles. The van der Waals surface area contributed by atoms with Crippen LogP contribution >= 0.6 is 0 Å². The highest BCUT2D eigenvalue weighted by Crippen LogP contribution is 2.28. The van der Waals surface area contributed by atoms with Crippen molar-refractivity contribution >= 4 is 17.5 Å². The molecular weight excluding hydrogens is 368 g/mol. The van der Waals surface area contributed by atoms with Gasteiger partial charge in [0, 0.05) is 44.0 Å². The molecule has 0 spiro atoms. The fourth-order valence-electron chi connectivity index (χ4n) is 3.31. The van der Waals surface area contributed by atoms with Crippen LogP contribution in [0.25, 0.3) is 0 Å². The van der Waals surface area contributed by atoms with Crippen molar-refractivity contribution in [3.8, 4) is 5.75 Å². The third-order valence-electron chi connectivity index (χ3n) is 5.22. The van der Waals surface area contributed by atoms with E-state index in [2.05, 4.69) is 15.2 Å². The SMILES string of the molecule is CCC(C)NC(=O)c1cc(C(=O)N2CCN(c3ccccc3OC)CC2)ccn1. The van der Waals surface area contributed by atoms with Crippen molar-refractivity contribution in [2.24, 2.45) is 0 Å². The number of pyridine rings is 1. The number of amides is 2. The number of nitrogens with zero attached hydrogens (tertiary/aromatic N) is 3. The molecule has 1 aliphatic rings. The van der Waals surface area contributed by atoms with E-state index in [1.165, 1.54) is 6.20 Å². The Bertz CT molecular complexity index is 863. The number of carbonyl (C=O) groups excluding carboxylic acids is 2. The average molecular weight is 396 g/mol. The van der Waals surface area contributed by atoms with E-state index in [1.807, 2.05) is 43.0 Å². The third kappa shape index (κ3) is 4.85. The van der Waals surface area contributed by atoms with Gasteiger partial charge in [-0.3, -0.25) is 14.6 Å². The quantitative estimate of drug-likeness (QED) is 0.812.